The SMILES string of the molecule is COc1ccc(CC(=O)c2ccc(N3CCNCC3)c(CCO)c2)cc1-c1ccccc1. The zero-order valence-corrected chi connectivity index (χ0v) is 18.5. The first kappa shape index (κ1) is 22.1. The number of hydrogen-bond donors (Lipinski definition) is 2. The fourth-order valence-electron chi connectivity index (χ4n) is 4.29. The number of hydrogen-bond acceptors (Lipinski definition) is 5. The van der Waals surface area contributed by atoms with Crippen LogP contribution in [0.25, 0.3) is 11.1 Å². The van der Waals surface area contributed by atoms with Crippen LogP contribution in [0.1, 0.15) is 21.5 Å². The van der Waals surface area contributed by atoms with E-state index in [4.69, 9.17) is 4.74 Å². The van der Waals surface area contributed by atoms with E-state index < -0.39 is 0 Å². The van der Waals surface area contributed by atoms with Gasteiger partial charge in [0.25, 0.3) is 0 Å². The molecule has 1 fully saturated rings. The minimum atomic E-state index is 0.0651. The Bertz CT molecular complexity index is 1060. The molecule has 0 saturated carbocycles. The van der Waals surface area contributed by atoms with E-state index in [1.165, 1.54) is 0 Å². The number of nitrogens with zero attached hydrogens (tertiary/aromatic N) is 1. The largest absolute Gasteiger partial charge is 0.496 e. The van der Waals surface area contributed by atoms with Gasteiger partial charge in [-0.1, -0.05) is 36.4 Å². The predicted molar refractivity (Wildman–Crippen MR) is 129 cm³/mol. The van der Waals surface area contributed by atoms with Crippen molar-refractivity contribution >= 4 is 11.5 Å². The number of anilines is 1. The maximum Gasteiger partial charge on any atom is 0.167 e. The fourth-order valence-corrected chi connectivity index (χ4v) is 4.29. The summed E-state index contributed by atoms with van der Waals surface area (Å²) in [4.78, 5) is 15.5. The van der Waals surface area contributed by atoms with Crippen molar-refractivity contribution in [1.29, 1.82) is 0 Å². The van der Waals surface area contributed by atoms with E-state index in [-0.39, 0.29) is 12.4 Å². The maximum absolute atomic E-state index is 13.1. The number of ether oxygens (including phenoxy) is 1. The number of carbonyl (C=O) groups excluding carboxylic acids is 1. The van der Waals surface area contributed by atoms with Crippen LogP contribution in [-0.2, 0) is 12.8 Å². The first-order valence-electron chi connectivity index (χ1n) is 11.1. The lowest BCUT2D eigenvalue weighted by Gasteiger charge is -2.31. The van der Waals surface area contributed by atoms with Gasteiger partial charge in [0.1, 0.15) is 5.75 Å². The summed E-state index contributed by atoms with van der Waals surface area (Å²) in [6, 6.07) is 21.9. The summed E-state index contributed by atoms with van der Waals surface area (Å²) in [5.41, 5.74) is 5.82. The molecule has 32 heavy (non-hydrogen) atoms. The number of aliphatic hydroxyl groups excluding tert-OH is 1. The molecule has 0 spiro atoms. The molecule has 1 heterocycles. The van der Waals surface area contributed by atoms with Crippen molar-refractivity contribution in [3.63, 3.8) is 0 Å². The van der Waals surface area contributed by atoms with Crippen molar-refractivity contribution in [1.82, 2.24) is 5.32 Å². The van der Waals surface area contributed by atoms with E-state index >= 15 is 0 Å². The molecule has 1 saturated heterocycles. The van der Waals surface area contributed by atoms with Gasteiger partial charge in [0, 0.05) is 56.0 Å². The average molecular weight is 431 g/mol. The molecule has 3 aromatic carbocycles. The molecule has 0 aromatic heterocycles. The topological polar surface area (TPSA) is 61.8 Å². The molecule has 3 aromatic rings. The van der Waals surface area contributed by atoms with Gasteiger partial charge in [0.2, 0.25) is 0 Å². The quantitative estimate of drug-likeness (QED) is 0.533. The molecule has 0 bridgehead atoms. The van der Waals surface area contributed by atoms with Crippen LogP contribution in [0.2, 0.25) is 0 Å². The van der Waals surface area contributed by atoms with Gasteiger partial charge < -0.3 is 20.1 Å². The van der Waals surface area contributed by atoms with Crippen LogP contribution >= 0.6 is 0 Å². The summed E-state index contributed by atoms with van der Waals surface area (Å²) in [5.74, 6) is 0.859. The van der Waals surface area contributed by atoms with E-state index in [0.717, 1.165) is 59.9 Å². The Morgan fingerprint density at radius 3 is 2.53 bits per heavy atom. The van der Waals surface area contributed by atoms with Gasteiger partial charge in [-0.3, -0.25) is 4.79 Å². The smallest absolute Gasteiger partial charge is 0.167 e. The van der Waals surface area contributed by atoms with Gasteiger partial charge in [-0.25, -0.2) is 0 Å². The third-order valence-corrected chi connectivity index (χ3v) is 5.95. The predicted octanol–water partition coefficient (Wildman–Crippen LogP) is 3.73. The molecular weight excluding hydrogens is 400 g/mol. The lowest BCUT2D eigenvalue weighted by atomic mass is 9.96. The Hall–Kier alpha value is -3.15. The molecule has 1 aliphatic rings. The number of aliphatic hydroxyl groups is 1. The van der Waals surface area contributed by atoms with Crippen LogP contribution in [0, 0.1) is 0 Å². The molecule has 5 nitrogen and oxygen atoms in total. The zero-order valence-electron chi connectivity index (χ0n) is 18.5. The first-order chi connectivity index (χ1) is 15.7. The van der Waals surface area contributed by atoms with Crippen LogP contribution in [0.15, 0.2) is 66.7 Å². The van der Waals surface area contributed by atoms with Gasteiger partial charge >= 0.3 is 0 Å². The average Bonchev–Trinajstić information content (AvgIpc) is 2.85. The highest BCUT2D eigenvalue weighted by molar-refractivity contribution is 5.98. The Morgan fingerprint density at radius 1 is 1.03 bits per heavy atom. The lowest BCUT2D eigenvalue weighted by Crippen LogP contribution is -2.44. The second-order valence-electron chi connectivity index (χ2n) is 8.05. The van der Waals surface area contributed by atoms with Crippen molar-refractivity contribution < 1.29 is 14.6 Å². The second kappa shape index (κ2) is 10.4. The van der Waals surface area contributed by atoms with Gasteiger partial charge in [-0.15, -0.1) is 0 Å². The third-order valence-electron chi connectivity index (χ3n) is 5.95. The van der Waals surface area contributed by atoms with E-state index in [2.05, 4.69) is 10.2 Å². The number of ketones is 1. The molecule has 0 aliphatic carbocycles. The molecule has 5 heteroatoms. The number of piperazine rings is 1. The molecule has 0 atom stereocenters. The Morgan fingerprint density at radius 2 is 1.81 bits per heavy atom. The van der Waals surface area contributed by atoms with E-state index in [1.54, 1.807) is 7.11 Å². The van der Waals surface area contributed by atoms with Gasteiger partial charge in [0.15, 0.2) is 5.78 Å². The van der Waals surface area contributed by atoms with Crippen LogP contribution < -0.4 is 15.0 Å². The highest BCUT2D eigenvalue weighted by atomic mass is 16.5. The fraction of sp³-hybridized carbons (Fsp3) is 0.296. The Kier molecular flexibility index (Phi) is 7.20. The monoisotopic (exact) mass is 430 g/mol. The first-order valence-corrected chi connectivity index (χ1v) is 11.1. The zero-order chi connectivity index (χ0) is 22.3. The van der Waals surface area contributed by atoms with Crippen LogP contribution in [0.4, 0.5) is 5.69 Å². The highest BCUT2D eigenvalue weighted by Gasteiger charge is 2.17. The van der Waals surface area contributed by atoms with Gasteiger partial charge in [-0.2, -0.15) is 0 Å². The number of methoxy groups -OCH3 is 1. The molecule has 0 amide bonds. The summed E-state index contributed by atoms with van der Waals surface area (Å²) in [6.45, 7) is 3.82. The molecule has 0 unspecified atom stereocenters. The number of benzene rings is 3. The maximum atomic E-state index is 13.1. The van der Waals surface area contributed by atoms with Crippen molar-refractivity contribution in [3.05, 3.63) is 83.4 Å². The highest BCUT2D eigenvalue weighted by Crippen LogP contribution is 2.31. The van der Waals surface area contributed by atoms with Crippen molar-refractivity contribution in [3.8, 4) is 16.9 Å². The van der Waals surface area contributed by atoms with Crippen molar-refractivity contribution in [2.45, 2.75) is 12.8 Å². The lowest BCUT2D eigenvalue weighted by molar-refractivity contribution is 0.0993. The van der Waals surface area contributed by atoms with E-state index in [0.29, 0.717) is 18.4 Å². The van der Waals surface area contributed by atoms with Crippen molar-refractivity contribution in [2.75, 3.05) is 44.8 Å². The Labute approximate surface area is 189 Å². The Balaban J connectivity index is 1.58. The van der Waals surface area contributed by atoms with Crippen LogP contribution in [0.5, 0.6) is 5.75 Å². The molecule has 0 radical (unpaired) electrons. The molecule has 1 aliphatic heterocycles. The summed E-state index contributed by atoms with van der Waals surface area (Å²) in [5, 5.41) is 12.9. The molecule has 166 valence electrons. The van der Waals surface area contributed by atoms with E-state index in [1.807, 2.05) is 66.7 Å². The third kappa shape index (κ3) is 5.01. The molecule has 2 N–H and O–H groups in total. The van der Waals surface area contributed by atoms with E-state index in [9.17, 15) is 9.90 Å². The molecular formula is C27H30N2O3. The van der Waals surface area contributed by atoms with Gasteiger partial charge in [0.05, 0.1) is 7.11 Å². The van der Waals surface area contributed by atoms with Crippen LogP contribution in [-0.4, -0.2) is 50.8 Å². The summed E-state index contributed by atoms with van der Waals surface area (Å²) in [6.07, 6.45) is 0.858. The number of nitrogens with one attached hydrogen (secondary N) is 1. The molecule has 4 rings (SSSR count). The minimum absolute atomic E-state index is 0.0651. The number of Topliss-reactive ketones (excluding diaryl/α,β-unsaturated/α-hetero) is 1. The summed E-state index contributed by atoms with van der Waals surface area (Å²) < 4.78 is 5.54. The second-order valence-corrected chi connectivity index (χ2v) is 8.05. The number of rotatable bonds is 8. The summed E-state index contributed by atoms with van der Waals surface area (Å²) >= 11 is 0. The normalized spacial score (nSPS) is 13.8. The standard InChI is InChI=1S/C27H30N2O3/c1-32-27-10-7-20(17-24(27)21-5-3-2-4-6-21)18-26(31)23-8-9-25(22(19-23)11-16-30)29-14-12-28-13-15-29/h2-10,17,19,28,30H,11-16,18H2,1H3. The van der Waals surface area contributed by atoms with Crippen molar-refractivity contribution in [2.24, 2.45) is 0 Å². The van der Waals surface area contributed by atoms with Crippen LogP contribution in [0.3, 0.4) is 0 Å². The van der Waals surface area contributed by atoms with Gasteiger partial charge in [-0.05, 0) is 53.4 Å². The summed E-state index contributed by atoms with van der Waals surface area (Å²) in [7, 11) is 1.66. The minimum Gasteiger partial charge on any atom is -0.496 e. The number of carbonyl (C=O) groups is 1.